The molecule has 3 fully saturated rings. The Morgan fingerprint density at radius 2 is 1.84 bits per heavy atom. The van der Waals surface area contributed by atoms with Crippen molar-refractivity contribution in [1.29, 1.82) is 0 Å². The molecule has 0 aromatic heterocycles. The molecule has 3 saturated heterocycles. The van der Waals surface area contributed by atoms with E-state index in [0.717, 1.165) is 31.5 Å². The van der Waals surface area contributed by atoms with Crippen molar-refractivity contribution in [3.05, 3.63) is 35.9 Å². The Kier molecular flexibility index (Phi) is 5.36. The molecule has 0 spiro atoms. The Hall–Kier alpha value is -1.02. The van der Waals surface area contributed by atoms with E-state index in [0.29, 0.717) is 6.61 Å². The van der Waals surface area contributed by atoms with E-state index in [1.54, 1.807) is 7.11 Å². The van der Waals surface area contributed by atoms with Gasteiger partial charge in [-0.3, -0.25) is 4.90 Å². The van der Waals surface area contributed by atoms with Crippen LogP contribution in [-0.4, -0.2) is 67.5 Å². The number of hydrogen-bond donors (Lipinski definition) is 1. The van der Waals surface area contributed by atoms with Crippen LogP contribution in [0.2, 0.25) is 0 Å². The van der Waals surface area contributed by atoms with Crippen molar-refractivity contribution in [2.75, 3.05) is 26.8 Å². The second-order valence-corrected chi connectivity index (χ2v) is 7.03. The lowest BCUT2D eigenvalue weighted by molar-refractivity contribution is -0.350. The predicted octanol–water partition coefficient (Wildman–Crippen LogP) is 1.69. The number of ether oxygens (including phenoxy) is 4. The van der Waals surface area contributed by atoms with Gasteiger partial charge in [0.1, 0.15) is 18.3 Å². The Balaban J connectivity index is 1.52. The zero-order valence-corrected chi connectivity index (χ0v) is 14.6. The molecule has 3 heterocycles. The zero-order chi connectivity index (χ0) is 17.2. The summed E-state index contributed by atoms with van der Waals surface area (Å²) in [4.78, 5) is 2.29. The van der Waals surface area contributed by atoms with Crippen LogP contribution in [0, 0.1) is 0 Å². The van der Waals surface area contributed by atoms with Gasteiger partial charge in [0.15, 0.2) is 12.6 Å². The molecule has 1 aromatic rings. The first-order valence-electron chi connectivity index (χ1n) is 9.20. The Labute approximate surface area is 148 Å². The molecule has 6 atom stereocenters. The van der Waals surface area contributed by atoms with Crippen LogP contribution in [0.5, 0.6) is 0 Å². The summed E-state index contributed by atoms with van der Waals surface area (Å²) in [6.07, 6.45) is 1.19. The van der Waals surface area contributed by atoms with Gasteiger partial charge >= 0.3 is 0 Å². The predicted molar refractivity (Wildman–Crippen MR) is 90.9 cm³/mol. The second-order valence-electron chi connectivity index (χ2n) is 7.03. The molecule has 1 N–H and O–H groups in total. The van der Waals surface area contributed by atoms with E-state index in [2.05, 4.69) is 4.90 Å². The smallest absolute Gasteiger partial charge is 0.184 e. The molecule has 1 unspecified atom stereocenters. The van der Waals surface area contributed by atoms with Crippen LogP contribution in [0.15, 0.2) is 30.3 Å². The molecule has 0 amide bonds. The Morgan fingerprint density at radius 3 is 2.56 bits per heavy atom. The van der Waals surface area contributed by atoms with Crippen LogP contribution in [0.4, 0.5) is 0 Å². The molecule has 3 aliphatic heterocycles. The first-order chi connectivity index (χ1) is 12.3. The Bertz CT molecular complexity index is 550. The van der Waals surface area contributed by atoms with Gasteiger partial charge in [-0.2, -0.15) is 0 Å². The normalized spacial score (nSPS) is 39.8. The van der Waals surface area contributed by atoms with Gasteiger partial charge in [-0.25, -0.2) is 0 Å². The van der Waals surface area contributed by atoms with Crippen LogP contribution in [-0.2, 0) is 18.9 Å². The largest absolute Gasteiger partial charge is 0.388 e. The minimum Gasteiger partial charge on any atom is -0.388 e. The first kappa shape index (κ1) is 17.4. The van der Waals surface area contributed by atoms with Crippen LogP contribution in [0.3, 0.4) is 0 Å². The maximum absolute atomic E-state index is 11.1. The number of aliphatic hydroxyl groups is 1. The van der Waals surface area contributed by atoms with E-state index < -0.39 is 24.8 Å². The number of piperidine rings is 1. The van der Waals surface area contributed by atoms with Crippen LogP contribution < -0.4 is 0 Å². The molecule has 1 aromatic carbocycles. The SMILES string of the molecule is CO[C@H]1O[C@@H]2COC(c3ccccc3)O[C@H]2[C@H](O)[C@H]1N1CCCCC1. The number of benzene rings is 1. The van der Waals surface area contributed by atoms with Crippen molar-refractivity contribution in [3.63, 3.8) is 0 Å². The average molecular weight is 349 g/mol. The minimum absolute atomic E-state index is 0.207. The molecule has 25 heavy (non-hydrogen) atoms. The van der Waals surface area contributed by atoms with Gasteiger partial charge in [-0.1, -0.05) is 36.8 Å². The zero-order valence-electron chi connectivity index (χ0n) is 14.6. The van der Waals surface area contributed by atoms with Crippen molar-refractivity contribution in [3.8, 4) is 0 Å². The van der Waals surface area contributed by atoms with Crippen molar-refractivity contribution >= 4 is 0 Å². The van der Waals surface area contributed by atoms with Crippen LogP contribution >= 0.6 is 0 Å². The molecule has 0 aliphatic carbocycles. The molecular weight excluding hydrogens is 322 g/mol. The second kappa shape index (κ2) is 7.70. The molecule has 138 valence electrons. The van der Waals surface area contributed by atoms with Gasteiger partial charge in [0, 0.05) is 12.7 Å². The van der Waals surface area contributed by atoms with Crippen LogP contribution in [0.25, 0.3) is 0 Å². The maximum atomic E-state index is 11.1. The monoisotopic (exact) mass is 349 g/mol. The highest BCUT2D eigenvalue weighted by molar-refractivity contribution is 5.16. The summed E-state index contributed by atoms with van der Waals surface area (Å²) < 4.78 is 23.6. The third kappa shape index (κ3) is 3.47. The van der Waals surface area contributed by atoms with Crippen molar-refractivity contribution in [2.24, 2.45) is 0 Å². The maximum Gasteiger partial charge on any atom is 0.184 e. The number of hydrogen-bond acceptors (Lipinski definition) is 6. The molecule has 0 bridgehead atoms. The van der Waals surface area contributed by atoms with Crippen molar-refractivity contribution in [2.45, 2.75) is 56.2 Å². The lowest BCUT2D eigenvalue weighted by atomic mass is 9.93. The summed E-state index contributed by atoms with van der Waals surface area (Å²) in [5.74, 6) is 0. The highest BCUT2D eigenvalue weighted by Gasteiger charge is 2.51. The summed E-state index contributed by atoms with van der Waals surface area (Å²) in [5, 5.41) is 11.1. The topological polar surface area (TPSA) is 60.4 Å². The molecule has 6 nitrogen and oxygen atoms in total. The fourth-order valence-electron chi connectivity index (χ4n) is 4.16. The minimum atomic E-state index is -0.670. The third-order valence-corrected chi connectivity index (χ3v) is 5.45. The third-order valence-electron chi connectivity index (χ3n) is 5.45. The summed E-state index contributed by atoms with van der Waals surface area (Å²) in [5.41, 5.74) is 0.955. The molecule has 6 heteroatoms. The molecule has 0 radical (unpaired) electrons. The number of aliphatic hydroxyl groups excluding tert-OH is 1. The van der Waals surface area contributed by atoms with Gasteiger partial charge in [-0.15, -0.1) is 0 Å². The molecule has 4 rings (SSSR count). The first-order valence-corrected chi connectivity index (χ1v) is 9.20. The number of rotatable bonds is 3. The van der Waals surface area contributed by atoms with Crippen molar-refractivity contribution in [1.82, 2.24) is 4.90 Å². The van der Waals surface area contributed by atoms with Gasteiger partial charge in [0.25, 0.3) is 0 Å². The number of fused-ring (bicyclic) bond motifs is 1. The summed E-state index contributed by atoms with van der Waals surface area (Å²) in [6.45, 7) is 2.30. The van der Waals surface area contributed by atoms with E-state index >= 15 is 0 Å². The van der Waals surface area contributed by atoms with Crippen LogP contribution in [0.1, 0.15) is 31.1 Å². The van der Waals surface area contributed by atoms with Gasteiger partial charge in [0.05, 0.1) is 12.6 Å². The lowest BCUT2D eigenvalue weighted by Crippen LogP contribution is -2.67. The Morgan fingerprint density at radius 1 is 1.08 bits per heavy atom. The average Bonchev–Trinajstić information content (AvgIpc) is 2.69. The van der Waals surface area contributed by atoms with Gasteiger partial charge < -0.3 is 24.1 Å². The fraction of sp³-hybridized carbons (Fsp3) is 0.684. The van der Waals surface area contributed by atoms with E-state index in [1.807, 2.05) is 30.3 Å². The summed E-state index contributed by atoms with van der Waals surface area (Å²) in [7, 11) is 1.63. The summed E-state index contributed by atoms with van der Waals surface area (Å²) >= 11 is 0. The lowest BCUT2D eigenvalue weighted by Gasteiger charge is -2.51. The highest BCUT2D eigenvalue weighted by Crippen LogP contribution is 2.36. The number of nitrogens with zero attached hydrogens (tertiary/aromatic N) is 1. The van der Waals surface area contributed by atoms with E-state index in [1.165, 1.54) is 6.42 Å². The molecule has 3 aliphatic rings. The quantitative estimate of drug-likeness (QED) is 0.896. The van der Waals surface area contributed by atoms with Gasteiger partial charge in [-0.05, 0) is 25.9 Å². The van der Waals surface area contributed by atoms with Crippen molar-refractivity contribution < 1.29 is 24.1 Å². The summed E-state index contributed by atoms with van der Waals surface area (Å²) in [6, 6.07) is 9.62. The molecule has 0 saturated carbocycles. The van der Waals surface area contributed by atoms with E-state index in [-0.39, 0.29) is 12.1 Å². The fourth-order valence-corrected chi connectivity index (χ4v) is 4.16. The number of methoxy groups -OCH3 is 1. The molecular formula is C19H27NO5. The number of likely N-dealkylation sites (tertiary alicyclic amines) is 1. The van der Waals surface area contributed by atoms with E-state index in [4.69, 9.17) is 18.9 Å². The van der Waals surface area contributed by atoms with E-state index in [9.17, 15) is 5.11 Å². The highest BCUT2D eigenvalue weighted by atomic mass is 16.7. The van der Waals surface area contributed by atoms with Gasteiger partial charge in [0.2, 0.25) is 0 Å². The standard InChI is InChI=1S/C19H27NO5/c1-22-19-15(20-10-6-3-7-11-20)16(21)17-14(24-19)12-23-18(25-17)13-8-4-2-5-9-13/h2,4-5,8-9,14-19,21H,3,6-7,10-12H2,1H3/t14-,15-,16-,17-,18?,19+/m1/s1.